The van der Waals surface area contributed by atoms with Gasteiger partial charge >= 0.3 is 5.97 Å². The summed E-state index contributed by atoms with van der Waals surface area (Å²) in [4.78, 5) is 35.4. The van der Waals surface area contributed by atoms with Gasteiger partial charge in [0.2, 0.25) is 5.91 Å². The second-order valence-corrected chi connectivity index (χ2v) is 5.91. The average Bonchev–Trinajstić information content (AvgIpc) is 2.67. The molecule has 0 fully saturated rings. The van der Waals surface area contributed by atoms with E-state index in [1.807, 2.05) is 13.8 Å². The number of carbonyl (C=O) groups excluding carboxylic acids is 3. The molecule has 0 heterocycles. The van der Waals surface area contributed by atoms with Crippen LogP contribution in [0.25, 0.3) is 0 Å². The van der Waals surface area contributed by atoms with Gasteiger partial charge < -0.3 is 24.8 Å². The molecule has 0 aromatic heterocycles. The molecule has 0 spiro atoms. The summed E-state index contributed by atoms with van der Waals surface area (Å²) in [6.07, 6.45) is 0. The van der Waals surface area contributed by atoms with Crippen LogP contribution in [0.15, 0.2) is 42.5 Å². The van der Waals surface area contributed by atoms with Gasteiger partial charge in [0.05, 0.1) is 18.8 Å². The fraction of sp³-hybridized carbons (Fsp3) is 0.286. The zero-order valence-electron chi connectivity index (χ0n) is 16.6. The molecule has 0 unspecified atom stereocenters. The highest BCUT2D eigenvalue weighted by Gasteiger charge is 2.14. The van der Waals surface area contributed by atoms with Crippen LogP contribution in [-0.4, -0.2) is 37.6 Å². The molecule has 0 aliphatic carbocycles. The van der Waals surface area contributed by atoms with Crippen molar-refractivity contribution < 1.29 is 28.6 Å². The standard InChI is InChI=1S/C21H24N2O6/c1-4-27-18-10-9-15(11-19(18)28-5-2)21(26)29-13-20(25)23-17-8-6-7-16(12-17)22-14(3)24/h6-12H,4-5,13H2,1-3H3,(H,22,24)(H,23,25). The normalized spacial score (nSPS) is 10.0. The van der Waals surface area contributed by atoms with Gasteiger partial charge in [-0.25, -0.2) is 4.79 Å². The second-order valence-electron chi connectivity index (χ2n) is 5.91. The molecule has 0 saturated carbocycles. The van der Waals surface area contributed by atoms with Gasteiger partial charge in [-0.3, -0.25) is 9.59 Å². The van der Waals surface area contributed by atoms with Crippen molar-refractivity contribution in [3.05, 3.63) is 48.0 Å². The maximum Gasteiger partial charge on any atom is 0.338 e. The number of rotatable bonds is 9. The molecule has 8 nitrogen and oxygen atoms in total. The van der Waals surface area contributed by atoms with Crippen molar-refractivity contribution in [2.45, 2.75) is 20.8 Å². The fourth-order valence-corrected chi connectivity index (χ4v) is 2.47. The lowest BCUT2D eigenvalue weighted by molar-refractivity contribution is -0.119. The van der Waals surface area contributed by atoms with Crippen LogP contribution >= 0.6 is 0 Å². The molecule has 0 atom stereocenters. The number of hydrogen-bond acceptors (Lipinski definition) is 6. The van der Waals surface area contributed by atoms with Crippen LogP contribution in [0.2, 0.25) is 0 Å². The molecule has 0 aliphatic rings. The van der Waals surface area contributed by atoms with Crippen molar-refractivity contribution in [3.8, 4) is 11.5 Å². The number of nitrogens with one attached hydrogen (secondary N) is 2. The Hall–Kier alpha value is -3.55. The number of amides is 2. The van der Waals surface area contributed by atoms with Gasteiger partial charge in [-0.1, -0.05) is 6.07 Å². The lowest BCUT2D eigenvalue weighted by Crippen LogP contribution is -2.21. The number of benzene rings is 2. The van der Waals surface area contributed by atoms with Gasteiger partial charge in [0.25, 0.3) is 5.91 Å². The fourth-order valence-electron chi connectivity index (χ4n) is 2.47. The molecule has 2 rings (SSSR count). The Morgan fingerprint density at radius 1 is 0.862 bits per heavy atom. The lowest BCUT2D eigenvalue weighted by atomic mass is 10.2. The number of carbonyl (C=O) groups is 3. The molecule has 0 aliphatic heterocycles. The average molecular weight is 400 g/mol. The highest BCUT2D eigenvalue weighted by Crippen LogP contribution is 2.28. The Balaban J connectivity index is 1.95. The summed E-state index contributed by atoms with van der Waals surface area (Å²) in [6, 6.07) is 11.3. The van der Waals surface area contributed by atoms with Gasteiger partial charge in [0, 0.05) is 18.3 Å². The third kappa shape index (κ3) is 6.84. The summed E-state index contributed by atoms with van der Waals surface area (Å²) < 4.78 is 16.0. The van der Waals surface area contributed by atoms with Gasteiger partial charge in [-0.2, -0.15) is 0 Å². The van der Waals surface area contributed by atoms with Gasteiger partial charge in [0.1, 0.15) is 0 Å². The Labute approximate surface area is 169 Å². The lowest BCUT2D eigenvalue weighted by Gasteiger charge is -2.12. The number of esters is 1. The highest BCUT2D eigenvalue weighted by atomic mass is 16.5. The molecule has 29 heavy (non-hydrogen) atoms. The molecule has 0 bridgehead atoms. The molecule has 0 saturated heterocycles. The molecule has 2 aromatic rings. The third-order valence-electron chi connectivity index (χ3n) is 3.58. The maximum atomic E-state index is 12.3. The van der Waals surface area contributed by atoms with E-state index in [0.717, 1.165) is 0 Å². The van der Waals surface area contributed by atoms with Crippen molar-refractivity contribution in [2.24, 2.45) is 0 Å². The topological polar surface area (TPSA) is 103 Å². The van der Waals surface area contributed by atoms with E-state index in [1.165, 1.54) is 13.0 Å². The minimum absolute atomic E-state index is 0.218. The van der Waals surface area contributed by atoms with E-state index in [1.54, 1.807) is 36.4 Å². The first-order valence-corrected chi connectivity index (χ1v) is 9.17. The van der Waals surface area contributed by atoms with Crippen LogP contribution in [-0.2, 0) is 14.3 Å². The van der Waals surface area contributed by atoms with Crippen LogP contribution < -0.4 is 20.1 Å². The van der Waals surface area contributed by atoms with E-state index in [4.69, 9.17) is 14.2 Å². The van der Waals surface area contributed by atoms with Crippen molar-refractivity contribution in [3.63, 3.8) is 0 Å². The van der Waals surface area contributed by atoms with E-state index in [0.29, 0.717) is 36.1 Å². The van der Waals surface area contributed by atoms with E-state index in [-0.39, 0.29) is 11.5 Å². The van der Waals surface area contributed by atoms with E-state index in [2.05, 4.69) is 10.6 Å². The first-order valence-electron chi connectivity index (χ1n) is 9.17. The molecular formula is C21H24N2O6. The first-order chi connectivity index (χ1) is 13.9. The summed E-state index contributed by atoms with van der Waals surface area (Å²) in [5.74, 6) is -0.416. The SMILES string of the molecule is CCOc1ccc(C(=O)OCC(=O)Nc2cccc(NC(C)=O)c2)cc1OCC. The zero-order chi connectivity index (χ0) is 21.2. The summed E-state index contributed by atoms with van der Waals surface area (Å²) in [5, 5.41) is 5.23. The van der Waals surface area contributed by atoms with Crippen LogP contribution in [0.3, 0.4) is 0 Å². The van der Waals surface area contributed by atoms with Crippen molar-refractivity contribution in [2.75, 3.05) is 30.5 Å². The van der Waals surface area contributed by atoms with E-state index in [9.17, 15) is 14.4 Å². The Morgan fingerprint density at radius 2 is 1.52 bits per heavy atom. The molecule has 2 aromatic carbocycles. The largest absolute Gasteiger partial charge is 0.490 e. The summed E-state index contributed by atoms with van der Waals surface area (Å²) >= 11 is 0. The van der Waals surface area contributed by atoms with Crippen LogP contribution in [0, 0.1) is 0 Å². The third-order valence-corrected chi connectivity index (χ3v) is 3.58. The number of hydrogen-bond donors (Lipinski definition) is 2. The number of anilines is 2. The monoisotopic (exact) mass is 400 g/mol. The first kappa shape index (κ1) is 21.7. The van der Waals surface area contributed by atoms with Crippen molar-refractivity contribution in [1.82, 2.24) is 0 Å². The molecule has 8 heteroatoms. The Morgan fingerprint density at radius 3 is 2.17 bits per heavy atom. The van der Waals surface area contributed by atoms with Gasteiger partial charge in [-0.15, -0.1) is 0 Å². The predicted octanol–water partition coefficient (Wildman–Crippen LogP) is 3.24. The molecule has 154 valence electrons. The molecule has 0 radical (unpaired) electrons. The Bertz CT molecular complexity index is 881. The molecule has 2 N–H and O–H groups in total. The van der Waals surface area contributed by atoms with Crippen molar-refractivity contribution >= 4 is 29.2 Å². The highest BCUT2D eigenvalue weighted by molar-refractivity contribution is 5.96. The van der Waals surface area contributed by atoms with E-state index < -0.39 is 18.5 Å². The van der Waals surface area contributed by atoms with Gasteiger partial charge in [-0.05, 0) is 50.2 Å². The Kier molecular flexibility index (Phi) is 8.02. The van der Waals surface area contributed by atoms with E-state index >= 15 is 0 Å². The summed E-state index contributed by atoms with van der Waals surface area (Å²) in [6.45, 7) is 5.49. The van der Waals surface area contributed by atoms with Crippen molar-refractivity contribution in [1.29, 1.82) is 0 Å². The minimum atomic E-state index is -0.656. The maximum absolute atomic E-state index is 12.3. The minimum Gasteiger partial charge on any atom is -0.490 e. The van der Waals surface area contributed by atoms with Crippen LogP contribution in [0.5, 0.6) is 11.5 Å². The molecule has 2 amide bonds. The number of ether oxygens (including phenoxy) is 3. The zero-order valence-corrected chi connectivity index (χ0v) is 16.6. The van der Waals surface area contributed by atoms with Crippen LogP contribution in [0.4, 0.5) is 11.4 Å². The smallest absolute Gasteiger partial charge is 0.338 e. The molecular weight excluding hydrogens is 376 g/mol. The van der Waals surface area contributed by atoms with Gasteiger partial charge in [0.15, 0.2) is 18.1 Å². The quantitative estimate of drug-likeness (QED) is 0.627. The second kappa shape index (κ2) is 10.7. The van der Waals surface area contributed by atoms with Crippen LogP contribution in [0.1, 0.15) is 31.1 Å². The summed E-state index contributed by atoms with van der Waals surface area (Å²) in [7, 11) is 0. The summed E-state index contributed by atoms with van der Waals surface area (Å²) in [5.41, 5.74) is 1.26. The predicted molar refractivity (Wildman–Crippen MR) is 108 cm³/mol.